The molecule has 1 heterocycles. The van der Waals surface area contributed by atoms with E-state index in [1.807, 2.05) is 24.3 Å². The molecule has 78 valence electrons. The molecule has 0 bridgehead atoms. The lowest BCUT2D eigenvalue weighted by Gasteiger charge is -2.13. The summed E-state index contributed by atoms with van der Waals surface area (Å²) in [7, 11) is 0. The summed E-state index contributed by atoms with van der Waals surface area (Å²) in [6.07, 6.45) is 0. The van der Waals surface area contributed by atoms with Gasteiger partial charge < -0.3 is 5.84 Å². The lowest BCUT2D eigenvalue weighted by atomic mass is 10.1. The average molecular weight is 241 g/mol. The van der Waals surface area contributed by atoms with Gasteiger partial charge in [-0.05, 0) is 17.7 Å². The highest BCUT2D eigenvalue weighted by Crippen LogP contribution is 2.15. The largest absolute Gasteiger partial charge is 0.321 e. The number of hydrogen-bond acceptors (Lipinski definition) is 4. The van der Waals surface area contributed by atoms with Crippen molar-refractivity contribution in [2.75, 3.05) is 5.75 Å². The molecular weight excluding hydrogens is 232 g/mol. The van der Waals surface area contributed by atoms with Gasteiger partial charge in [-0.1, -0.05) is 35.5 Å². The van der Waals surface area contributed by atoms with Gasteiger partial charge in [0.2, 0.25) is 5.17 Å². The molecular formula is C9H9ClN4S. The van der Waals surface area contributed by atoms with Crippen LogP contribution in [0.2, 0.25) is 5.02 Å². The Morgan fingerprint density at radius 3 is 2.67 bits per heavy atom. The number of rotatable bonds is 1. The molecule has 2 rings (SSSR count). The number of nitrogens with zero attached hydrogens (tertiary/aromatic N) is 2. The van der Waals surface area contributed by atoms with E-state index in [9.17, 15) is 0 Å². The topological polar surface area (TPSA) is 62.8 Å². The zero-order chi connectivity index (χ0) is 10.7. The smallest absolute Gasteiger partial charge is 0.200 e. The molecule has 0 saturated heterocycles. The van der Waals surface area contributed by atoms with Gasteiger partial charge in [-0.25, -0.2) is 0 Å². The van der Waals surface area contributed by atoms with Gasteiger partial charge in [-0.2, -0.15) is 10.2 Å². The van der Waals surface area contributed by atoms with Gasteiger partial charge in [0.15, 0.2) is 0 Å². The van der Waals surface area contributed by atoms with Gasteiger partial charge in [-0.3, -0.25) is 5.43 Å². The van der Waals surface area contributed by atoms with Crippen molar-refractivity contribution >= 4 is 34.2 Å². The number of nitrogens with one attached hydrogen (secondary N) is 1. The van der Waals surface area contributed by atoms with Gasteiger partial charge in [0.05, 0.1) is 5.71 Å². The first-order valence-corrected chi connectivity index (χ1v) is 5.65. The van der Waals surface area contributed by atoms with E-state index in [1.165, 1.54) is 11.8 Å². The molecule has 6 heteroatoms. The van der Waals surface area contributed by atoms with Crippen molar-refractivity contribution in [3.63, 3.8) is 0 Å². The molecule has 0 aromatic heterocycles. The Hall–Kier alpha value is -1.20. The van der Waals surface area contributed by atoms with Crippen LogP contribution in [0.3, 0.4) is 0 Å². The Kier molecular flexibility index (Phi) is 3.13. The summed E-state index contributed by atoms with van der Waals surface area (Å²) in [6.45, 7) is 0. The molecule has 0 amide bonds. The number of hydrogen-bond donors (Lipinski definition) is 2. The Bertz CT molecular complexity index is 413. The van der Waals surface area contributed by atoms with Crippen molar-refractivity contribution < 1.29 is 0 Å². The summed E-state index contributed by atoms with van der Waals surface area (Å²) < 4.78 is 0. The van der Waals surface area contributed by atoms with Gasteiger partial charge in [0.25, 0.3) is 0 Å². The van der Waals surface area contributed by atoms with E-state index in [2.05, 4.69) is 15.6 Å². The van der Waals surface area contributed by atoms with Gasteiger partial charge >= 0.3 is 0 Å². The molecule has 0 spiro atoms. The van der Waals surface area contributed by atoms with Crippen LogP contribution >= 0.6 is 23.4 Å². The van der Waals surface area contributed by atoms with E-state index < -0.39 is 0 Å². The van der Waals surface area contributed by atoms with Crippen molar-refractivity contribution in [3.8, 4) is 0 Å². The molecule has 1 aromatic rings. The molecule has 0 unspecified atom stereocenters. The van der Waals surface area contributed by atoms with E-state index >= 15 is 0 Å². The minimum Gasteiger partial charge on any atom is -0.321 e. The third-order valence-corrected chi connectivity index (χ3v) is 3.07. The normalized spacial score (nSPS) is 18.5. The lowest BCUT2D eigenvalue weighted by molar-refractivity contribution is 1.02. The van der Waals surface area contributed by atoms with Crippen LogP contribution in [-0.2, 0) is 0 Å². The van der Waals surface area contributed by atoms with Gasteiger partial charge in [0.1, 0.15) is 0 Å². The summed E-state index contributed by atoms with van der Waals surface area (Å²) >= 11 is 7.32. The molecule has 0 radical (unpaired) electrons. The second kappa shape index (κ2) is 4.55. The fourth-order valence-electron chi connectivity index (χ4n) is 1.17. The molecule has 0 aliphatic carbocycles. The van der Waals surface area contributed by atoms with Crippen molar-refractivity contribution in [3.05, 3.63) is 34.9 Å². The minimum atomic E-state index is 0.632. The van der Waals surface area contributed by atoms with Gasteiger partial charge in [-0.15, -0.1) is 0 Å². The van der Waals surface area contributed by atoms with Crippen LogP contribution in [0.5, 0.6) is 0 Å². The van der Waals surface area contributed by atoms with E-state index in [4.69, 9.17) is 17.4 Å². The van der Waals surface area contributed by atoms with Crippen molar-refractivity contribution in [1.29, 1.82) is 0 Å². The van der Waals surface area contributed by atoms with Crippen molar-refractivity contribution in [2.24, 2.45) is 16.0 Å². The number of amidine groups is 1. The summed E-state index contributed by atoms with van der Waals surface area (Å²) in [5.41, 5.74) is 4.79. The van der Waals surface area contributed by atoms with Crippen molar-refractivity contribution in [2.45, 2.75) is 0 Å². The predicted molar refractivity (Wildman–Crippen MR) is 65.2 cm³/mol. The number of halogens is 1. The van der Waals surface area contributed by atoms with Gasteiger partial charge in [0, 0.05) is 10.8 Å². The zero-order valence-electron chi connectivity index (χ0n) is 7.77. The standard InChI is InChI=1S/C9H9ClN4S/c10-7-3-1-6(2-4-7)8-5-15-9(12-11)14-13-8/h1-4H,5,11H2,(H,12,14). The maximum atomic E-state index is 5.80. The SMILES string of the molecule is N/N=C1\NN=C(c2ccc(Cl)cc2)CS1. The first-order valence-electron chi connectivity index (χ1n) is 4.29. The third-order valence-electron chi connectivity index (χ3n) is 1.93. The molecule has 1 aliphatic heterocycles. The monoisotopic (exact) mass is 240 g/mol. The quantitative estimate of drug-likeness (QED) is 0.579. The molecule has 1 aliphatic rings. The van der Waals surface area contributed by atoms with Crippen molar-refractivity contribution in [1.82, 2.24) is 5.43 Å². The second-order valence-electron chi connectivity index (χ2n) is 2.90. The third kappa shape index (κ3) is 2.43. The lowest BCUT2D eigenvalue weighted by Crippen LogP contribution is -2.26. The highest BCUT2D eigenvalue weighted by atomic mass is 35.5. The second-order valence-corrected chi connectivity index (χ2v) is 4.30. The Balaban J connectivity index is 2.19. The fraction of sp³-hybridized carbons (Fsp3) is 0.111. The average Bonchev–Trinajstić information content (AvgIpc) is 2.30. The highest BCUT2D eigenvalue weighted by Gasteiger charge is 2.12. The first kappa shape index (κ1) is 10.3. The molecule has 15 heavy (non-hydrogen) atoms. The first-order chi connectivity index (χ1) is 7.29. The predicted octanol–water partition coefficient (Wildman–Crippen LogP) is 1.61. The highest BCUT2D eigenvalue weighted by molar-refractivity contribution is 8.14. The molecule has 4 nitrogen and oxygen atoms in total. The number of thioether (sulfide) groups is 1. The molecule has 0 fully saturated rings. The van der Waals surface area contributed by atoms with Crippen LogP contribution in [-0.4, -0.2) is 16.6 Å². The van der Waals surface area contributed by atoms with E-state index in [0.717, 1.165) is 22.1 Å². The van der Waals surface area contributed by atoms with E-state index in [1.54, 1.807) is 0 Å². The Morgan fingerprint density at radius 2 is 2.13 bits per heavy atom. The van der Waals surface area contributed by atoms with Crippen LogP contribution in [0.15, 0.2) is 34.5 Å². The molecule has 0 atom stereocenters. The molecule has 3 N–H and O–H groups in total. The van der Waals surface area contributed by atoms with Crippen LogP contribution in [0, 0.1) is 0 Å². The zero-order valence-corrected chi connectivity index (χ0v) is 9.35. The fourth-order valence-corrected chi connectivity index (χ4v) is 1.99. The summed E-state index contributed by atoms with van der Waals surface area (Å²) in [5.74, 6) is 5.88. The summed E-state index contributed by atoms with van der Waals surface area (Å²) in [4.78, 5) is 0. The Labute approximate surface area is 96.6 Å². The van der Waals surface area contributed by atoms with E-state index in [0.29, 0.717) is 5.17 Å². The number of nitrogens with two attached hydrogens (primary N) is 1. The summed E-state index contributed by atoms with van der Waals surface area (Å²) in [5, 5.41) is 9.06. The van der Waals surface area contributed by atoms with Crippen LogP contribution in [0.4, 0.5) is 0 Å². The van der Waals surface area contributed by atoms with Crippen LogP contribution in [0.1, 0.15) is 5.56 Å². The number of benzene rings is 1. The van der Waals surface area contributed by atoms with Crippen LogP contribution < -0.4 is 11.3 Å². The van der Waals surface area contributed by atoms with Crippen LogP contribution in [0.25, 0.3) is 0 Å². The molecule has 1 aromatic carbocycles. The number of hydrazone groups is 2. The van der Waals surface area contributed by atoms with E-state index in [-0.39, 0.29) is 0 Å². The molecule has 0 saturated carbocycles. The maximum absolute atomic E-state index is 5.80. The minimum absolute atomic E-state index is 0.632. The summed E-state index contributed by atoms with van der Waals surface area (Å²) in [6, 6.07) is 7.56. The maximum Gasteiger partial charge on any atom is 0.200 e. The Morgan fingerprint density at radius 1 is 1.40 bits per heavy atom.